The number of rotatable bonds is 9. The molecule has 1 aliphatic carbocycles. The summed E-state index contributed by atoms with van der Waals surface area (Å²) in [6, 6.07) is 18.7. The summed E-state index contributed by atoms with van der Waals surface area (Å²) in [5.41, 5.74) is 0.676. The van der Waals surface area contributed by atoms with Crippen molar-refractivity contribution in [2.24, 2.45) is 5.92 Å². The van der Waals surface area contributed by atoms with Crippen molar-refractivity contribution in [1.29, 1.82) is 5.26 Å². The summed E-state index contributed by atoms with van der Waals surface area (Å²) < 4.78 is 16.3. The van der Waals surface area contributed by atoms with E-state index in [0.29, 0.717) is 29.5 Å². The molecular formula is C24H24FN5OS. The summed E-state index contributed by atoms with van der Waals surface area (Å²) in [6.45, 7) is 2.31. The SMILES string of the molecule is CC(C#N)(NC(=O)CSc1nnc(-c2ccccc2F)n1CCc1ccccc1)C1CC1. The first-order valence-corrected chi connectivity index (χ1v) is 11.6. The summed E-state index contributed by atoms with van der Waals surface area (Å²) >= 11 is 1.24. The van der Waals surface area contributed by atoms with E-state index >= 15 is 0 Å². The van der Waals surface area contributed by atoms with E-state index in [4.69, 9.17) is 0 Å². The van der Waals surface area contributed by atoms with Gasteiger partial charge < -0.3 is 9.88 Å². The van der Waals surface area contributed by atoms with Crippen LogP contribution in [0.2, 0.25) is 0 Å². The lowest BCUT2D eigenvalue weighted by Gasteiger charge is -2.22. The van der Waals surface area contributed by atoms with Gasteiger partial charge in [-0.25, -0.2) is 4.39 Å². The van der Waals surface area contributed by atoms with Crippen molar-refractivity contribution >= 4 is 17.7 Å². The first kappa shape index (κ1) is 22.0. The lowest BCUT2D eigenvalue weighted by Crippen LogP contribution is -2.47. The summed E-state index contributed by atoms with van der Waals surface area (Å²) in [4.78, 5) is 12.5. The monoisotopic (exact) mass is 449 g/mol. The van der Waals surface area contributed by atoms with Gasteiger partial charge in [-0.15, -0.1) is 10.2 Å². The zero-order chi connectivity index (χ0) is 22.6. The third-order valence-electron chi connectivity index (χ3n) is 5.66. The molecule has 1 fully saturated rings. The Kier molecular flexibility index (Phi) is 6.56. The van der Waals surface area contributed by atoms with E-state index < -0.39 is 5.54 Å². The number of hydrogen-bond donors (Lipinski definition) is 1. The lowest BCUT2D eigenvalue weighted by molar-refractivity contribution is -0.119. The number of carbonyl (C=O) groups is 1. The van der Waals surface area contributed by atoms with Crippen LogP contribution in [0.5, 0.6) is 0 Å². The van der Waals surface area contributed by atoms with Crippen LogP contribution in [-0.2, 0) is 17.8 Å². The number of hydrogen-bond acceptors (Lipinski definition) is 5. The van der Waals surface area contributed by atoms with Crippen LogP contribution in [0, 0.1) is 23.1 Å². The number of amides is 1. The average Bonchev–Trinajstić information content (AvgIpc) is 3.59. The van der Waals surface area contributed by atoms with Crippen molar-refractivity contribution in [1.82, 2.24) is 20.1 Å². The minimum Gasteiger partial charge on any atom is -0.337 e. The molecular weight excluding hydrogens is 425 g/mol. The van der Waals surface area contributed by atoms with Crippen molar-refractivity contribution in [3.63, 3.8) is 0 Å². The Morgan fingerprint density at radius 1 is 1.22 bits per heavy atom. The van der Waals surface area contributed by atoms with Gasteiger partial charge in [-0.05, 0) is 49.8 Å². The van der Waals surface area contributed by atoms with Gasteiger partial charge in [0.2, 0.25) is 5.91 Å². The van der Waals surface area contributed by atoms with E-state index in [0.717, 1.165) is 18.4 Å². The fourth-order valence-corrected chi connectivity index (χ4v) is 4.43. The molecule has 0 radical (unpaired) electrons. The molecule has 3 aromatic rings. The normalized spacial score (nSPS) is 15.0. The zero-order valence-electron chi connectivity index (χ0n) is 17.8. The Hall–Kier alpha value is -3.18. The van der Waals surface area contributed by atoms with E-state index in [1.165, 1.54) is 17.8 Å². The van der Waals surface area contributed by atoms with Crippen molar-refractivity contribution in [3.05, 3.63) is 66.0 Å². The molecule has 1 saturated carbocycles. The minimum atomic E-state index is -0.836. The second-order valence-corrected chi connectivity index (χ2v) is 9.04. The van der Waals surface area contributed by atoms with E-state index in [2.05, 4.69) is 21.6 Å². The van der Waals surface area contributed by atoms with Crippen LogP contribution in [0.3, 0.4) is 0 Å². The Morgan fingerprint density at radius 3 is 2.62 bits per heavy atom. The average molecular weight is 450 g/mol. The van der Waals surface area contributed by atoms with Gasteiger partial charge in [0.05, 0.1) is 17.4 Å². The van der Waals surface area contributed by atoms with E-state index in [-0.39, 0.29) is 23.4 Å². The molecule has 1 aromatic heterocycles. The second kappa shape index (κ2) is 9.53. The first-order valence-electron chi connectivity index (χ1n) is 10.6. The number of aryl methyl sites for hydroxylation is 1. The molecule has 1 heterocycles. The van der Waals surface area contributed by atoms with Crippen molar-refractivity contribution < 1.29 is 9.18 Å². The Labute approximate surface area is 190 Å². The van der Waals surface area contributed by atoms with Gasteiger partial charge in [0.1, 0.15) is 11.4 Å². The molecule has 6 nitrogen and oxygen atoms in total. The highest BCUT2D eigenvalue weighted by Crippen LogP contribution is 2.39. The largest absolute Gasteiger partial charge is 0.337 e. The molecule has 32 heavy (non-hydrogen) atoms. The van der Waals surface area contributed by atoms with E-state index in [9.17, 15) is 14.4 Å². The zero-order valence-corrected chi connectivity index (χ0v) is 18.6. The first-order chi connectivity index (χ1) is 15.5. The van der Waals surface area contributed by atoms with E-state index in [1.807, 2.05) is 34.9 Å². The quantitative estimate of drug-likeness (QED) is 0.495. The predicted octanol–water partition coefficient (Wildman–Crippen LogP) is 4.23. The smallest absolute Gasteiger partial charge is 0.231 e. The van der Waals surface area contributed by atoms with Crippen LogP contribution < -0.4 is 5.32 Å². The number of halogens is 1. The summed E-state index contributed by atoms with van der Waals surface area (Å²) in [6.07, 6.45) is 2.63. The van der Waals surface area contributed by atoms with Crippen molar-refractivity contribution in [2.45, 2.75) is 43.4 Å². The van der Waals surface area contributed by atoms with E-state index in [1.54, 1.807) is 25.1 Å². The Balaban J connectivity index is 1.52. The molecule has 2 aromatic carbocycles. The number of nitrogens with one attached hydrogen (secondary N) is 1. The Bertz CT molecular complexity index is 1140. The molecule has 0 bridgehead atoms. The molecule has 164 valence electrons. The molecule has 4 rings (SSSR count). The summed E-state index contributed by atoms with van der Waals surface area (Å²) in [7, 11) is 0. The maximum Gasteiger partial charge on any atom is 0.231 e. The fourth-order valence-electron chi connectivity index (χ4n) is 3.66. The number of benzene rings is 2. The molecule has 1 atom stereocenters. The fraction of sp³-hybridized carbons (Fsp3) is 0.333. The molecule has 1 N–H and O–H groups in total. The third-order valence-corrected chi connectivity index (χ3v) is 6.62. The number of nitriles is 1. The maximum atomic E-state index is 14.5. The highest BCUT2D eigenvalue weighted by Gasteiger charge is 2.43. The summed E-state index contributed by atoms with van der Waals surface area (Å²) in [5.74, 6) is 0.149. The van der Waals surface area contributed by atoms with Crippen molar-refractivity contribution in [3.8, 4) is 17.5 Å². The van der Waals surface area contributed by atoms with Gasteiger partial charge in [-0.2, -0.15) is 5.26 Å². The lowest BCUT2D eigenvalue weighted by atomic mass is 9.98. The van der Waals surface area contributed by atoms with Crippen LogP contribution in [0.15, 0.2) is 59.8 Å². The van der Waals surface area contributed by atoms with Gasteiger partial charge >= 0.3 is 0 Å². The second-order valence-electron chi connectivity index (χ2n) is 8.10. The standard InChI is InChI=1S/C24H24FN5OS/c1-24(16-26,18-11-12-18)27-21(31)15-32-23-29-28-22(19-9-5-6-10-20(19)25)30(23)14-13-17-7-3-2-4-8-17/h2-10,18H,11-15H2,1H3,(H,27,31). The van der Waals surface area contributed by atoms with Gasteiger partial charge in [0.15, 0.2) is 11.0 Å². The summed E-state index contributed by atoms with van der Waals surface area (Å²) in [5, 5.41) is 21.4. The van der Waals surface area contributed by atoms with Crippen LogP contribution in [0.25, 0.3) is 11.4 Å². The molecule has 0 aliphatic heterocycles. The van der Waals surface area contributed by atoms with Gasteiger partial charge in [0, 0.05) is 6.54 Å². The number of aromatic nitrogens is 3. The molecule has 1 amide bonds. The van der Waals surface area contributed by atoms with Gasteiger partial charge in [0.25, 0.3) is 0 Å². The molecule has 1 aliphatic rings. The number of thioether (sulfide) groups is 1. The highest BCUT2D eigenvalue weighted by atomic mass is 32.2. The minimum absolute atomic E-state index is 0.102. The molecule has 1 unspecified atom stereocenters. The topological polar surface area (TPSA) is 83.6 Å². The van der Waals surface area contributed by atoms with Crippen molar-refractivity contribution in [2.75, 3.05) is 5.75 Å². The predicted molar refractivity (Wildman–Crippen MR) is 121 cm³/mol. The maximum absolute atomic E-state index is 14.5. The van der Waals surface area contributed by atoms with Crippen LogP contribution in [-0.4, -0.2) is 32.0 Å². The van der Waals surface area contributed by atoms with Crippen LogP contribution >= 0.6 is 11.8 Å². The Morgan fingerprint density at radius 2 is 1.94 bits per heavy atom. The third kappa shape index (κ3) is 5.00. The molecule has 0 spiro atoms. The molecule has 8 heteroatoms. The van der Waals surface area contributed by atoms with Crippen LogP contribution in [0.1, 0.15) is 25.3 Å². The van der Waals surface area contributed by atoms with Crippen LogP contribution in [0.4, 0.5) is 4.39 Å². The van der Waals surface area contributed by atoms with Gasteiger partial charge in [-0.1, -0.05) is 54.2 Å². The number of carbonyl (C=O) groups excluding carboxylic acids is 1. The number of nitrogens with zero attached hydrogens (tertiary/aromatic N) is 4. The van der Waals surface area contributed by atoms with Gasteiger partial charge in [-0.3, -0.25) is 4.79 Å². The highest BCUT2D eigenvalue weighted by molar-refractivity contribution is 7.99. The molecule has 0 saturated heterocycles.